The number of para-hydroxylation sites is 2. The lowest BCUT2D eigenvalue weighted by molar-refractivity contribution is -0.0849. The van der Waals surface area contributed by atoms with Crippen molar-refractivity contribution in [1.82, 2.24) is 0 Å². The molecule has 0 saturated heterocycles. The molecule has 2 unspecified atom stereocenters. The van der Waals surface area contributed by atoms with Crippen LogP contribution >= 0.6 is 0 Å². The van der Waals surface area contributed by atoms with Crippen molar-refractivity contribution in [3.63, 3.8) is 0 Å². The Balaban J connectivity index is 1.41. The van der Waals surface area contributed by atoms with Crippen molar-refractivity contribution in [3.05, 3.63) is 177 Å². The zero-order valence-electron chi connectivity index (χ0n) is 31.2. The van der Waals surface area contributed by atoms with Gasteiger partial charge in [0.2, 0.25) is 0 Å². The highest BCUT2D eigenvalue weighted by atomic mass is 16.5. The molecule has 6 aromatic carbocycles. The van der Waals surface area contributed by atoms with Gasteiger partial charge in [-0.05, 0) is 97.2 Å². The molecular weight excluding hydrogens is 641 g/mol. The van der Waals surface area contributed by atoms with Gasteiger partial charge in [0.05, 0.1) is 25.4 Å². The zero-order valence-corrected chi connectivity index (χ0v) is 31.2. The Bertz CT molecular complexity index is 1930. The van der Waals surface area contributed by atoms with Crippen molar-refractivity contribution in [2.45, 2.75) is 79.8 Å². The van der Waals surface area contributed by atoms with E-state index in [1.54, 1.807) is 0 Å². The van der Waals surface area contributed by atoms with Crippen LogP contribution in [-0.4, -0.2) is 22.4 Å². The highest BCUT2D eigenvalue weighted by molar-refractivity contribution is 5.78. The van der Waals surface area contributed by atoms with Gasteiger partial charge >= 0.3 is 0 Å². The van der Waals surface area contributed by atoms with Gasteiger partial charge in [-0.25, -0.2) is 0 Å². The van der Waals surface area contributed by atoms with E-state index in [1.165, 1.54) is 11.1 Å². The van der Waals surface area contributed by atoms with Crippen LogP contribution in [0.25, 0.3) is 22.3 Å². The second-order valence-electron chi connectivity index (χ2n) is 14.3. The molecule has 0 radical (unpaired) electrons. The molecule has 0 aromatic heterocycles. The summed E-state index contributed by atoms with van der Waals surface area (Å²) in [5, 5.41) is 23.8. The fourth-order valence-corrected chi connectivity index (χ4v) is 7.71. The Morgan fingerprint density at radius 2 is 0.788 bits per heavy atom. The van der Waals surface area contributed by atoms with E-state index in [1.807, 2.05) is 72.8 Å². The average Bonchev–Trinajstić information content (AvgIpc) is 3.11. The fraction of sp³-hybridized carbons (Fsp3) is 0.250. The molecule has 266 valence electrons. The van der Waals surface area contributed by atoms with E-state index < -0.39 is 12.2 Å². The highest BCUT2D eigenvalue weighted by Gasteiger charge is 2.28. The summed E-state index contributed by atoms with van der Waals surface area (Å²) in [5.74, 6) is 0.505. The predicted octanol–water partition coefficient (Wildman–Crippen LogP) is 11.2. The first-order valence-electron chi connectivity index (χ1n) is 18.2. The molecule has 0 aliphatic rings. The molecule has 6 rings (SSSR count). The summed E-state index contributed by atoms with van der Waals surface area (Å²) in [4.78, 5) is 0. The number of phenolic OH excluding ortho intramolecular Hbond substituents is 2. The standard InChI is InChI=1S/C48H50O4/c1-31-23-33(3)45(34(4)24-31)41-21-13-19-39(47(41)49)27-43(51-29-37-15-9-7-10-16-37)44(52-30-38-17-11-8-12-18-38)28-40-20-14-22-42(48(40)50)46-35(5)25-32(2)26-36(46)6/h7-26,43-44,49-50H,27-30H2,1-6H3. The maximum atomic E-state index is 11.9. The molecule has 0 aliphatic heterocycles. The minimum absolute atomic E-state index is 0.253. The summed E-state index contributed by atoms with van der Waals surface area (Å²) in [6, 6.07) is 40.9. The van der Waals surface area contributed by atoms with Crippen LogP contribution in [0.4, 0.5) is 0 Å². The third-order valence-electron chi connectivity index (χ3n) is 10.0. The van der Waals surface area contributed by atoms with Crippen LogP contribution < -0.4 is 0 Å². The summed E-state index contributed by atoms with van der Waals surface area (Å²) in [6.45, 7) is 13.3. The van der Waals surface area contributed by atoms with Crippen molar-refractivity contribution >= 4 is 0 Å². The third kappa shape index (κ3) is 8.48. The molecule has 0 saturated carbocycles. The largest absolute Gasteiger partial charge is 0.507 e. The number of aryl methyl sites for hydroxylation is 6. The smallest absolute Gasteiger partial charge is 0.126 e. The number of hydrogen-bond acceptors (Lipinski definition) is 4. The molecule has 0 amide bonds. The molecule has 52 heavy (non-hydrogen) atoms. The van der Waals surface area contributed by atoms with E-state index in [9.17, 15) is 10.2 Å². The van der Waals surface area contributed by atoms with E-state index in [2.05, 4.69) is 90.1 Å². The first kappa shape index (κ1) is 36.6. The molecule has 0 aliphatic carbocycles. The molecule has 2 N–H and O–H groups in total. The van der Waals surface area contributed by atoms with Gasteiger partial charge in [-0.2, -0.15) is 0 Å². The van der Waals surface area contributed by atoms with Crippen molar-refractivity contribution in [1.29, 1.82) is 0 Å². The summed E-state index contributed by atoms with van der Waals surface area (Å²) in [5.41, 5.74) is 14.3. The SMILES string of the molecule is Cc1cc(C)c(-c2cccc(CC(OCc3ccccc3)C(Cc3cccc(-c4c(C)cc(C)cc4C)c3O)OCc3ccccc3)c2O)c(C)c1. The van der Waals surface area contributed by atoms with Crippen LogP contribution in [-0.2, 0) is 35.5 Å². The lowest BCUT2D eigenvalue weighted by atomic mass is 9.89. The third-order valence-corrected chi connectivity index (χ3v) is 10.0. The van der Waals surface area contributed by atoms with Crippen molar-refractivity contribution in [3.8, 4) is 33.8 Å². The summed E-state index contributed by atoms with van der Waals surface area (Å²) < 4.78 is 13.6. The quantitative estimate of drug-likeness (QED) is 0.127. The lowest BCUT2D eigenvalue weighted by Gasteiger charge is -2.29. The van der Waals surface area contributed by atoms with Gasteiger partial charge in [0.25, 0.3) is 0 Å². The second-order valence-corrected chi connectivity index (χ2v) is 14.3. The van der Waals surface area contributed by atoms with Crippen molar-refractivity contribution < 1.29 is 19.7 Å². The van der Waals surface area contributed by atoms with Crippen LogP contribution in [0, 0.1) is 41.5 Å². The number of benzene rings is 6. The van der Waals surface area contributed by atoms with E-state index in [-0.39, 0.29) is 11.5 Å². The maximum absolute atomic E-state index is 11.9. The predicted molar refractivity (Wildman–Crippen MR) is 213 cm³/mol. The van der Waals surface area contributed by atoms with Crippen molar-refractivity contribution in [2.24, 2.45) is 0 Å². The fourth-order valence-electron chi connectivity index (χ4n) is 7.71. The van der Waals surface area contributed by atoms with Gasteiger partial charge in [0.1, 0.15) is 11.5 Å². The van der Waals surface area contributed by atoms with Crippen LogP contribution in [0.2, 0.25) is 0 Å². The Kier molecular flexibility index (Phi) is 11.6. The number of phenols is 2. The van der Waals surface area contributed by atoms with Crippen LogP contribution in [0.15, 0.2) is 121 Å². The number of hydrogen-bond donors (Lipinski definition) is 2. The topological polar surface area (TPSA) is 58.9 Å². The summed E-state index contributed by atoms with van der Waals surface area (Å²) >= 11 is 0. The minimum Gasteiger partial charge on any atom is -0.507 e. The molecule has 0 spiro atoms. The normalized spacial score (nSPS) is 12.5. The molecule has 2 atom stereocenters. The van der Waals surface area contributed by atoms with Gasteiger partial charge in [-0.1, -0.05) is 132 Å². The van der Waals surface area contributed by atoms with Crippen LogP contribution in [0.5, 0.6) is 11.5 Å². The van der Waals surface area contributed by atoms with Crippen molar-refractivity contribution in [2.75, 3.05) is 0 Å². The van der Waals surface area contributed by atoms with E-state index >= 15 is 0 Å². The van der Waals surface area contributed by atoms with E-state index in [0.717, 1.165) is 66.8 Å². The van der Waals surface area contributed by atoms with Gasteiger partial charge in [0.15, 0.2) is 0 Å². The van der Waals surface area contributed by atoms with Gasteiger partial charge in [-0.15, -0.1) is 0 Å². The number of rotatable bonds is 13. The number of ether oxygens (including phenoxy) is 2. The Hall–Kier alpha value is -5.16. The Labute approximate surface area is 309 Å². The molecular formula is C48H50O4. The maximum Gasteiger partial charge on any atom is 0.126 e. The van der Waals surface area contributed by atoms with E-state index in [4.69, 9.17) is 9.47 Å². The second kappa shape index (κ2) is 16.5. The lowest BCUT2D eigenvalue weighted by Crippen LogP contribution is -2.35. The molecule has 4 nitrogen and oxygen atoms in total. The van der Waals surface area contributed by atoms with Crippen LogP contribution in [0.1, 0.15) is 55.6 Å². The molecule has 0 heterocycles. The Morgan fingerprint density at radius 1 is 0.442 bits per heavy atom. The van der Waals surface area contributed by atoms with Gasteiger partial charge in [0, 0.05) is 24.0 Å². The highest BCUT2D eigenvalue weighted by Crippen LogP contribution is 2.40. The molecule has 4 heteroatoms. The molecule has 0 bridgehead atoms. The minimum atomic E-state index is -0.462. The monoisotopic (exact) mass is 690 g/mol. The molecule has 0 fully saturated rings. The number of aromatic hydroxyl groups is 2. The first-order valence-corrected chi connectivity index (χ1v) is 18.2. The Morgan fingerprint density at radius 3 is 1.13 bits per heavy atom. The molecule has 6 aromatic rings. The first-order chi connectivity index (χ1) is 25.1. The zero-order chi connectivity index (χ0) is 36.8. The summed E-state index contributed by atoms with van der Waals surface area (Å²) in [6.07, 6.45) is -0.105. The van der Waals surface area contributed by atoms with Gasteiger partial charge in [-0.3, -0.25) is 0 Å². The average molecular weight is 691 g/mol. The van der Waals surface area contributed by atoms with Crippen LogP contribution in [0.3, 0.4) is 0 Å². The summed E-state index contributed by atoms with van der Waals surface area (Å²) in [7, 11) is 0. The van der Waals surface area contributed by atoms with Gasteiger partial charge < -0.3 is 19.7 Å². The van der Waals surface area contributed by atoms with E-state index in [0.29, 0.717) is 26.1 Å².